The molecular formula is C26H23ClF2N5O3S-. The van der Waals surface area contributed by atoms with Crippen molar-refractivity contribution in [3.63, 3.8) is 0 Å². The van der Waals surface area contributed by atoms with E-state index in [1.54, 1.807) is 31.3 Å². The number of hydrogen-bond donors (Lipinski definition) is 3. The number of pyridine rings is 1. The highest BCUT2D eigenvalue weighted by Crippen LogP contribution is 2.39. The Morgan fingerprint density at radius 2 is 1.87 bits per heavy atom. The molecule has 0 saturated carbocycles. The summed E-state index contributed by atoms with van der Waals surface area (Å²) in [6, 6.07) is 9.05. The fourth-order valence-corrected chi connectivity index (χ4v) is 4.64. The number of benzene rings is 2. The van der Waals surface area contributed by atoms with Gasteiger partial charge in [-0.3, -0.25) is 13.6 Å². The molecule has 0 aliphatic heterocycles. The summed E-state index contributed by atoms with van der Waals surface area (Å²) in [5.74, 6) is 4.11. The highest BCUT2D eigenvalue weighted by molar-refractivity contribution is 7.80. The normalized spacial score (nSPS) is 13.2. The molecule has 38 heavy (non-hydrogen) atoms. The van der Waals surface area contributed by atoms with Gasteiger partial charge in [0, 0.05) is 35.5 Å². The molecular weight excluding hydrogens is 536 g/mol. The van der Waals surface area contributed by atoms with Crippen molar-refractivity contribution >= 4 is 39.6 Å². The molecule has 0 aliphatic carbocycles. The molecule has 0 bridgehead atoms. The van der Waals surface area contributed by atoms with E-state index in [-0.39, 0.29) is 17.3 Å². The van der Waals surface area contributed by atoms with Gasteiger partial charge in [-0.1, -0.05) is 23.6 Å². The lowest BCUT2D eigenvalue weighted by atomic mass is 9.94. The second kappa shape index (κ2) is 10.8. The molecule has 0 saturated heterocycles. The lowest BCUT2D eigenvalue weighted by molar-refractivity contribution is 0.143. The van der Waals surface area contributed by atoms with Gasteiger partial charge in [0.05, 0.1) is 27.7 Å². The Morgan fingerprint density at radius 1 is 1.21 bits per heavy atom. The van der Waals surface area contributed by atoms with E-state index in [9.17, 15) is 22.6 Å². The monoisotopic (exact) mass is 558 g/mol. The summed E-state index contributed by atoms with van der Waals surface area (Å²) in [6.45, 7) is 3.07. The molecule has 4 N–H and O–H groups in total. The highest BCUT2D eigenvalue weighted by Gasteiger charge is 2.22. The molecule has 0 spiro atoms. The van der Waals surface area contributed by atoms with Crippen molar-refractivity contribution < 1.29 is 22.6 Å². The average Bonchev–Trinajstić information content (AvgIpc) is 3.13. The predicted octanol–water partition coefficient (Wildman–Crippen LogP) is 4.14. The van der Waals surface area contributed by atoms with Crippen LogP contribution in [-0.4, -0.2) is 34.2 Å². The first kappa shape index (κ1) is 27.6. The van der Waals surface area contributed by atoms with Gasteiger partial charge < -0.3 is 15.4 Å². The van der Waals surface area contributed by atoms with Crippen LogP contribution in [0.3, 0.4) is 0 Å². The number of halogens is 3. The summed E-state index contributed by atoms with van der Waals surface area (Å²) in [7, 11) is 1.63. The van der Waals surface area contributed by atoms with Gasteiger partial charge >= 0.3 is 0 Å². The van der Waals surface area contributed by atoms with Crippen LogP contribution in [0.2, 0.25) is 5.02 Å². The molecule has 2 aromatic carbocycles. The number of aryl methyl sites for hydroxylation is 1. The van der Waals surface area contributed by atoms with Crippen LogP contribution >= 0.6 is 11.6 Å². The molecule has 0 aliphatic rings. The van der Waals surface area contributed by atoms with Crippen molar-refractivity contribution in [2.24, 2.45) is 12.8 Å². The van der Waals surface area contributed by atoms with Gasteiger partial charge in [-0.25, -0.2) is 13.8 Å². The van der Waals surface area contributed by atoms with Crippen LogP contribution in [0.1, 0.15) is 36.8 Å². The molecule has 4 rings (SSSR count). The zero-order chi connectivity index (χ0) is 27.8. The van der Waals surface area contributed by atoms with Gasteiger partial charge in [0.1, 0.15) is 22.9 Å². The SMILES string of the molecule is Cn1nc(NS(=O)[O-])c2c(Cl)ccc(-c3ccc(C#CC(C)(C)O)nc3C(N)Cc3cc(F)cc(F)c3)c21. The lowest BCUT2D eigenvalue weighted by Gasteiger charge is -2.18. The number of hydrogen-bond acceptors (Lipinski definition) is 6. The van der Waals surface area contributed by atoms with Crippen LogP contribution in [0.15, 0.2) is 42.5 Å². The third-order valence-electron chi connectivity index (χ3n) is 5.56. The topological polar surface area (TPSA) is 129 Å². The first-order chi connectivity index (χ1) is 17.8. The van der Waals surface area contributed by atoms with E-state index in [1.807, 2.05) is 0 Å². The lowest BCUT2D eigenvalue weighted by Crippen LogP contribution is -2.17. The number of anilines is 1. The molecule has 8 nitrogen and oxygen atoms in total. The van der Waals surface area contributed by atoms with Gasteiger partial charge in [-0.05, 0) is 62.1 Å². The Morgan fingerprint density at radius 3 is 2.50 bits per heavy atom. The van der Waals surface area contributed by atoms with E-state index >= 15 is 0 Å². The number of nitrogens with one attached hydrogen (secondary N) is 1. The molecule has 2 unspecified atom stereocenters. The van der Waals surface area contributed by atoms with Gasteiger partial charge in [-0.2, -0.15) is 5.10 Å². The minimum absolute atomic E-state index is 0.0457. The molecule has 2 aromatic heterocycles. The molecule has 198 valence electrons. The second-order valence-corrected chi connectivity index (χ2v) is 10.2. The van der Waals surface area contributed by atoms with Gasteiger partial charge in [-0.15, -0.1) is 0 Å². The molecule has 0 amide bonds. The van der Waals surface area contributed by atoms with Crippen molar-refractivity contribution in [2.45, 2.75) is 31.9 Å². The predicted molar refractivity (Wildman–Crippen MR) is 142 cm³/mol. The van der Waals surface area contributed by atoms with Crippen LogP contribution < -0.4 is 10.5 Å². The molecule has 4 aromatic rings. The maximum Gasteiger partial charge on any atom is 0.168 e. The molecule has 0 radical (unpaired) electrons. The average molecular weight is 559 g/mol. The summed E-state index contributed by atoms with van der Waals surface area (Å²) < 4.78 is 54.0. The highest BCUT2D eigenvalue weighted by atomic mass is 35.5. The van der Waals surface area contributed by atoms with E-state index in [0.717, 1.165) is 6.07 Å². The number of nitrogens with zero attached hydrogens (tertiary/aromatic N) is 3. The fraction of sp³-hybridized carbons (Fsp3) is 0.231. The summed E-state index contributed by atoms with van der Waals surface area (Å²) in [6.07, 6.45) is 0.0567. The van der Waals surface area contributed by atoms with Crippen LogP contribution in [-0.2, 0) is 24.7 Å². The number of rotatable bonds is 6. The maximum atomic E-state index is 13.8. The minimum atomic E-state index is -2.63. The van der Waals surface area contributed by atoms with Crippen LogP contribution in [0.5, 0.6) is 0 Å². The Bertz CT molecular complexity index is 1610. The Kier molecular flexibility index (Phi) is 7.83. The Hall–Kier alpha value is -3.40. The fourth-order valence-electron chi connectivity index (χ4n) is 4.10. The summed E-state index contributed by atoms with van der Waals surface area (Å²) in [5.41, 5.74) is 7.97. The van der Waals surface area contributed by atoms with Crippen molar-refractivity contribution in [3.05, 3.63) is 76.1 Å². The molecule has 2 heterocycles. The molecule has 12 heteroatoms. The minimum Gasteiger partial charge on any atom is -0.755 e. The Balaban J connectivity index is 1.91. The quantitative estimate of drug-likeness (QED) is 0.241. The van der Waals surface area contributed by atoms with E-state index in [2.05, 4.69) is 26.6 Å². The standard InChI is InChI=1S/C26H24ClF2N5O3S/c1-26(2,35)9-8-17-4-5-18(23(31-17)21(30)12-14-10-15(28)13-16(29)11-14)19-6-7-20(27)22-24(19)34(3)32-25(22)33-38(36)37/h4-7,10-11,13,21,35H,12,30H2,1-3H3,(H,32,33)(H,36,37)/p-1. The zero-order valence-electron chi connectivity index (χ0n) is 20.6. The van der Waals surface area contributed by atoms with Gasteiger partial charge in [0.2, 0.25) is 0 Å². The number of fused-ring (bicyclic) bond motifs is 1. The second-order valence-electron chi connectivity index (χ2n) is 9.15. The third kappa shape index (κ3) is 6.18. The van der Waals surface area contributed by atoms with Crippen molar-refractivity contribution in [1.82, 2.24) is 14.8 Å². The molecule has 0 fully saturated rings. The van der Waals surface area contributed by atoms with Gasteiger partial charge in [0.15, 0.2) is 5.82 Å². The number of aliphatic hydroxyl groups is 1. The van der Waals surface area contributed by atoms with Gasteiger partial charge in [0.25, 0.3) is 0 Å². The summed E-state index contributed by atoms with van der Waals surface area (Å²) in [4.78, 5) is 4.63. The summed E-state index contributed by atoms with van der Waals surface area (Å²) in [5, 5.41) is 14.9. The number of aromatic nitrogens is 3. The zero-order valence-corrected chi connectivity index (χ0v) is 22.1. The van der Waals surface area contributed by atoms with E-state index in [0.29, 0.717) is 39.0 Å². The Labute approximate surface area is 225 Å². The van der Waals surface area contributed by atoms with Crippen LogP contribution in [0.25, 0.3) is 22.0 Å². The largest absolute Gasteiger partial charge is 0.755 e. The number of nitrogens with two attached hydrogens (primary N) is 1. The van der Waals surface area contributed by atoms with E-state index in [4.69, 9.17) is 17.3 Å². The van der Waals surface area contributed by atoms with Crippen LogP contribution in [0, 0.1) is 23.5 Å². The third-order valence-corrected chi connectivity index (χ3v) is 6.23. The van der Waals surface area contributed by atoms with Crippen molar-refractivity contribution in [2.75, 3.05) is 4.72 Å². The molecule has 2 atom stereocenters. The van der Waals surface area contributed by atoms with E-state index < -0.39 is 34.5 Å². The van der Waals surface area contributed by atoms with Crippen molar-refractivity contribution in [1.29, 1.82) is 0 Å². The van der Waals surface area contributed by atoms with Crippen molar-refractivity contribution in [3.8, 4) is 23.0 Å². The van der Waals surface area contributed by atoms with E-state index in [1.165, 1.54) is 30.7 Å². The van der Waals surface area contributed by atoms with Crippen LogP contribution in [0.4, 0.5) is 14.6 Å². The first-order valence-corrected chi connectivity index (χ1v) is 12.8. The first-order valence-electron chi connectivity index (χ1n) is 11.3. The smallest absolute Gasteiger partial charge is 0.168 e. The maximum absolute atomic E-state index is 13.8. The summed E-state index contributed by atoms with van der Waals surface area (Å²) >= 11 is 3.79.